The molecule has 0 aliphatic carbocycles. The Hall–Kier alpha value is -2.16. The van der Waals surface area contributed by atoms with E-state index in [4.69, 9.17) is 0 Å². The van der Waals surface area contributed by atoms with Crippen molar-refractivity contribution in [2.45, 2.75) is 20.8 Å². The fraction of sp³-hybridized carbons (Fsp3) is 0.273. The summed E-state index contributed by atoms with van der Waals surface area (Å²) in [4.78, 5) is 2.41. The molecular weight excluding hydrogens is 385 g/mol. The summed E-state index contributed by atoms with van der Waals surface area (Å²) in [6, 6.07) is 17.9. The first-order valence-corrected chi connectivity index (χ1v) is 11.1. The van der Waals surface area contributed by atoms with Crippen molar-refractivity contribution in [1.82, 2.24) is 0 Å². The first-order chi connectivity index (χ1) is 12.7. The van der Waals surface area contributed by atoms with Crippen LogP contribution in [0.1, 0.15) is 20.8 Å². The van der Waals surface area contributed by atoms with Crippen molar-refractivity contribution in [3.8, 4) is 0 Å². The molecular formula is C22H25N3Se+. The molecule has 1 heterocycles. The van der Waals surface area contributed by atoms with Crippen molar-refractivity contribution in [1.29, 1.82) is 0 Å². The van der Waals surface area contributed by atoms with Gasteiger partial charge in [-0.3, -0.25) is 0 Å². The third-order valence-electron chi connectivity index (χ3n) is 4.95. The molecule has 0 bridgehead atoms. The van der Waals surface area contributed by atoms with Gasteiger partial charge in [-0.15, -0.1) is 0 Å². The van der Waals surface area contributed by atoms with Gasteiger partial charge in [0, 0.05) is 0 Å². The number of hydrogen-bond acceptors (Lipinski definition) is 3. The Bertz CT molecular complexity index is 948. The van der Waals surface area contributed by atoms with Gasteiger partial charge in [0.15, 0.2) is 0 Å². The molecule has 0 saturated heterocycles. The molecule has 4 rings (SSSR count). The van der Waals surface area contributed by atoms with E-state index in [2.05, 4.69) is 84.8 Å². The first kappa shape index (κ1) is 17.3. The average molecular weight is 410 g/mol. The number of rotatable bonds is 5. The molecule has 0 spiro atoms. The molecule has 3 aromatic rings. The van der Waals surface area contributed by atoms with Crippen molar-refractivity contribution in [3.63, 3.8) is 0 Å². The van der Waals surface area contributed by atoms with Crippen LogP contribution in [-0.4, -0.2) is 34.6 Å². The van der Waals surface area contributed by atoms with E-state index in [1.54, 1.807) is 0 Å². The third kappa shape index (κ3) is 2.94. The fourth-order valence-electron chi connectivity index (χ4n) is 3.63. The molecule has 0 fully saturated rings. The van der Waals surface area contributed by atoms with Crippen LogP contribution in [0.3, 0.4) is 0 Å². The molecule has 1 aliphatic rings. The van der Waals surface area contributed by atoms with E-state index < -0.39 is 0 Å². The SMILES string of the molecule is CCNc1cc2c(c3ccccc13)Nc1ccc(N(CC)CC)cc1[Se+]2. The predicted molar refractivity (Wildman–Crippen MR) is 116 cm³/mol. The molecule has 26 heavy (non-hydrogen) atoms. The second-order valence-corrected chi connectivity index (χ2v) is 8.73. The van der Waals surface area contributed by atoms with Crippen molar-refractivity contribution in [2.24, 2.45) is 0 Å². The third-order valence-corrected chi connectivity index (χ3v) is 7.26. The second-order valence-electron chi connectivity index (χ2n) is 6.45. The van der Waals surface area contributed by atoms with Crippen molar-refractivity contribution in [3.05, 3.63) is 48.5 Å². The van der Waals surface area contributed by atoms with Gasteiger partial charge in [0.25, 0.3) is 0 Å². The molecule has 0 saturated carbocycles. The van der Waals surface area contributed by atoms with Crippen LogP contribution in [0.2, 0.25) is 0 Å². The van der Waals surface area contributed by atoms with Gasteiger partial charge >= 0.3 is 162 Å². The van der Waals surface area contributed by atoms with Crippen LogP contribution in [0.25, 0.3) is 10.8 Å². The zero-order valence-electron chi connectivity index (χ0n) is 15.6. The van der Waals surface area contributed by atoms with Crippen LogP contribution in [-0.2, 0) is 0 Å². The normalized spacial score (nSPS) is 12.3. The number of hydrogen-bond donors (Lipinski definition) is 2. The predicted octanol–water partition coefficient (Wildman–Crippen LogP) is 3.83. The fourth-order valence-corrected chi connectivity index (χ4v) is 5.91. The van der Waals surface area contributed by atoms with E-state index >= 15 is 0 Å². The van der Waals surface area contributed by atoms with E-state index in [-0.39, 0.29) is 0 Å². The van der Waals surface area contributed by atoms with E-state index in [1.165, 1.54) is 42.4 Å². The summed E-state index contributed by atoms with van der Waals surface area (Å²) >= 11 is 0.299. The number of nitrogens with one attached hydrogen (secondary N) is 2. The van der Waals surface area contributed by atoms with Gasteiger partial charge < -0.3 is 0 Å². The first-order valence-electron chi connectivity index (χ1n) is 9.38. The molecule has 0 atom stereocenters. The molecule has 2 N–H and O–H groups in total. The molecule has 4 heteroatoms. The van der Waals surface area contributed by atoms with Gasteiger partial charge in [0.2, 0.25) is 0 Å². The van der Waals surface area contributed by atoms with Crippen molar-refractivity contribution < 1.29 is 0 Å². The van der Waals surface area contributed by atoms with Gasteiger partial charge in [0.1, 0.15) is 0 Å². The summed E-state index contributed by atoms with van der Waals surface area (Å²) in [5, 5.41) is 9.87. The van der Waals surface area contributed by atoms with Gasteiger partial charge in [-0.25, -0.2) is 0 Å². The van der Waals surface area contributed by atoms with E-state index in [0.717, 1.165) is 19.6 Å². The Labute approximate surface area is 161 Å². The van der Waals surface area contributed by atoms with Crippen LogP contribution >= 0.6 is 0 Å². The van der Waals surface area contributed by atoms with Crippen LogP contribution in [0.5, 0.6) is 0 Å². The summed E-state index contributed by atoms with van der Waals surface area (Å²) in [6.07, 6.45) is 0. The van der Waals surface area contributed by atoms with Crippen LogP contribution in [0.4, 0.5) is 22.7 Å². The summed E-state index contributed by atoms with van der Waals surface area (Å²) < 4.78 is 2.86. The molecule has 3 nitrogen and oxygen atoms in total. The Morgan fingerprint density at radius 1 is 0.923 bits per heavy atom. The zero-order chi connectivity index (χ0) is 18.1. The Balaban J connectivity index is 1.80. The number of benzene rings is 3. The summed E-state index contributed by atoms with van der Waals surface area (Å²) in [7, 11) is 0. The van der Waals surface area contributed by atoms with Crippen molar-refractivity contribution in [2.75, 3.05) is 35.2 Å². The molecule has 1 radical (unpaired) electrons. The minimum atomic E-state index is 0.299. The van der Waals surface area contributed by atoms with Gasteiger partial charge in [-0.05, 0) is 0 Å². The number of fused-ring (bicyclic) bond motifs is 4. The van der Waals surface area contributed by atoms with E-state index in [9.17, 15) is 0 Å². The average Bonchev–Trinajstić information content (AvgIpc) is 2.68. The van der Waals surface area contributed by atoms with Gasteiger partial charge in [0.05, 0.1) is 0 Å². The van der Waals surface area contributed by atoms with E-state index in [0.29, 0.717) is 15.0 Å². The van der Waals surface area contributed by atoms with Crippen LogP contribution in [0.15, 0.2) is 48.5 Å². The Kier molecular flexibility index (Phi) is 4.79. The molecule has 0 aromatic heterocycles. The summed E-state index contributed by atoms with van der Waals surface area (Å²) in [6.45, 7) is 9.62. The maximum absolute atomic E-state index is 3.72. The van der Waals surface area contributed by atoms with Gasteiger partial charge in [-0.1, -0.05) is 0 Å². The van der Waals surface area contributed by atoms with E-state index in [1.807, 2.05) is 0 Å². The topological polar surface area (TPSA) is 27.3 Å². The van der Waals surface area contributed by atoms with Crippen molar-refractivity contribution >= 4 is 57.4 Å². The number of anilines is 4. The summed E-state index contributed by atoms with van der Waals surface area (Å²) in [5.74, 6) is 0. The monoisotopic (exact) mass is 411 g/mol. The van der Waals surface area contributed by atoms with Crippen LogP contribution < -0.4 is 24.5 Å². The maximum atomic E-state index is 3.72. The zero-order valence-corrected chi connectivity index (χ0v) is 17.3. The minimum absolute atomic E-state index is 0.299. The molecule has 0 amide bonds. The number of nitrogens with zero attached hydrogens (tertiary/aromatic N) is 1. The molecule has 1 aliphatic heterocycles. The Morgan fingerprint density at radius 3 is 2.42 bits per heavy atom. The molecule has 133 valence electrons. The molecule has 3 aromatic carbocycles. The summed E-state index contributed by atoms with van der Waals surface area (Å²) in [5.41, 5.74) is 5.11. The quantitative estimate of drug-likeness (QED) is 0.490. The molecule has 0 unspecified atom stereocenters. The van der Waals surface area contributed by atoms with Crippen LogP contribution in [0, 0.1) is 0 Å². The second kappa shape index (κ2) is 7.22. The van der Waals surface area contributed by atoms with Gasteiger partial charge in [-0.2, -0.15) is 0 Å². The standard InChI is InChI=1S/C22H25N3Se/c1-4-23-19-14-21-22(17-10-8-7-9-16(17)19)24-18-12-11-15(13-20(18)26-21)25(5-2)6-3/h7-14,23-24H,4-6H2,1-3H3/q+1. The Morgan fingerprint density at radius 2 is 1.69 bits per heavy atom.